The van der Waals surface area contributed by atoms with Crippen molar-refractivity contribution in [1.82, 2.24) is 19.9 Å². The van der Waals surface area contributed by atoms with Gasteiger partial charge in [-0.2, -0.15) is 0 Å². The molecule has 2 aromatic rings. The van der Waals surface area contributed by atoms with E-state index >= 15 is 0 Å². The van der Waals surface area contributed by atoms with Gasteiger partial charge in [-0.15, -0.1) is 0 Å². The van der Waals surface area contributed by atoms with E-state index in [4.69, 9.17) is 0 Å². The van der Waals surface area contributed by atoms with Crippen LogP contribution in [0.1, 0.15) is 36.2 Å². The second-order valence-electron chi connectivity index (χ2n) is 7.62. The van der Waals surface area contributed by atoms with Gasteiger partial charge in [0.25, 0.3) is 5.91 Å². The maximum Gasteiger partial charge on any atom is 0.275 e. The number of anilines is 2. The third-order valence-electron chi connectivity index (χ3n) is 5.41. The van der Waals surface area contributed by atoms with Crippen molar-refractivity contribution in [2.45, 2.75) is 37.8 Å². The molecule has 148 valence electrons. The molecule has 0 spiro atoms. The molecule has 1 amide bonds. The molecule has 0 unspecified atom stereocenters. The number of hydrogen-bond acceptors (Lipinski definition) is 6. The average molecular weight is 384 g/mol. The summed E-state index contributed by atoms with van der Waals surface area (Å²) in [5.74, 6) is 0.938. The number of aromatic nitrogens is 3. The molecule has 0 N–H and O–H groups in total. The molecule has 1 aliphatic heterocycles. The number of hydrogen-bond donors (Lipinski definition) is 0. The number of piperidine rings is 1. The molecule has 0 radical (unpaired) electrons. The largest absolute Gasteiger partial charge is 0.363 e. The summed E-state index contributed by atoms with van der Waals surface area (Å²) in [6.45, 7) is 1.18. The molecular weight excluding hydrogens is 359 g/mol. The van der Waals surface area contributed by atoms with E-state index in [1.54, 1.807) is 11.2 Å². The topological polar surface area (TPSA) is 65.5 Å². The van der Waals surface area contributed by atoms with Crippen molar-refractivity contribution in [3.05, 3.63) is 42.2 Å². The summed E-state index contributed by atoms with van der Waals surface area (Å²) in [6, 6.07) is 5.62. The van der Waals surface area contributed by atoms with Crippen LogP contribution in [0.4, 0.5) is 16.0 Å². The van der Waals surface area contributed by atoms with Crippen molar-refractivity contribution in [2.24, 2.45) is 0 Å². The Morgan fingerprint density at radius 3 is 2.39 bits per heavy atom. The van der Waals surface area contributed by atoms with Crippen LogP contribution < -0.4 is 9.80 Å². The van der Waals surface area contributed by atoms with E-state index in [0.29, 0.717) is 25.2 Å². The van der Waals surface area contributed by atoms with Crippen molar-refractivity contribution in [3.63, 3.8) is 0 Å². The molecule has 1 saturated heterocycles. The van der Waals surface area contributed by atoms with Crippen LogP contribution in [-0.4, -0.2) is 65.0 Å². The number of halogens is 1. The molecule has 2 aromatic heterocycles. The maximum atomic E-state index is 13.9. The Labute approximate surface area is 164 Å². The van der Waals surface area contributed by atoms with E-state index in [1.807, 2.05) is 25.1 Å². The predicted molar refractivity (Wildman–Crippen MR) is 105 cm³/mol. The lowest BCUT2D eigenvalue weighted by Gasteiger charge is -2.39. The van der Waals surface area contributed by atoms with E-state index in [-0.39, 0.29) is 11.6 Å². The Hall–Kier alpha value is -2.77. The molecule has 3 heterocycles. The van der Waals surface area contributed by atoms with Gasteiger partial charge >= 0.3 is 0 Å². The SMILES string of the molecule is CN(C)c1cc(N(C2CC2)C2CCN(C(=O)c3ncccc3F)CC2)ncn1. The predicted octanol–water partition coefficient (Wildman–Crippen LogP) is 2.35. The smallest absolute Gasteiger partial charge is 0.275 e. The van der Waals surface area contributed by atoms with Gasteiger partial charge in [-0.3, -0.25) is 4.79 Å². The minimum Gasteiger partial charge on any atom is -0.363 e. The van der Waals surface area contributed by atoms with E-state index in [1.165, 1.54) is 31.2 Å². The molecule has 28 heavy (non-hydrogen) atoms. The number of nitrogens with zero attached hydrogens (tertiary/aromatic N) is 6. The van der Waals surface area contributed by atoms with E-state index < -0.39 is 5.82 Å². The summed E-state index contributed by atoms with van der Waals surface area (Å²) >= 11 is 0. The van der Waals surface area contributed by atoms with Gasteiger partial charge in [0.2, 0.25) is 0 Å². The normalized spacial score (nSPS) is 17.5. The molecule has 2 fully saturated rings. The third-order valence-corrected chi connectivity index (χ3v) is 5.41. The van der Waals surface area contributed by atoms with Crippen LogP contribution in [0.25, 0.3) is 0 Å². The Morgan fingerprint density at radius 2 is 1.75 bits per heavy atom. The van der Waals surface area contributed by atoms with Gasteiger partial charge in [0.1, 0.15) is 18.0 Å². The Balaban J connectivity index is 1.46. The van der Waals surface area contributed by atoms with Crippen LogP contribution in [0.15, 0.2) is 30.7 Å². The number of amides is 1. The Morgan fingerprint density at radius 1 is 1.07 bits per heavy atom. The number of pyridine rings is 1. The Kier molecular flexibility index (Phi) is 5.11. The number of carbonyl (C=O) groups excluding carboxylic acids is 1. The average Bonchev–Trinajstić information content (AvgIpc) is 3.54. The summed E-state index contributed by atoms with van der Waals surface area (Å²) < 4.78 is 13.9. The lowest BCUT2D eigenvalue weighted by molar-refractivity contribution is 0.0700. The molecule has 0 atom stereocenters. The molecule has 0 aromatic carbocycles. The van der Waals surface area contributed by atoms with Crippen LogP contribution in [0.3, 0.4) is 0 Å². The summed E-state index contributed by atoms with van der Waals surface area (Å²) in [7, 11) is 3.93. The highest BCUT2D eigenvalue weighted by Gasteiger charge is 2.37. The van der Waals surface area contributed by atoms with Crippen molar-refractivity contribution < 1.29 is 9.18 Å². The highest BCUT2D eigenvalue weighted by atomic mass is 19.1. The molecule has 0 bridgehead atoms. The molecular formula is C20H25FN6O. The summed E-state index contributed by atoms with van der Waals surface area (Å²) in [4.78, 5) is 31.5. The van der Waals surface area contributed by atoms with Gasteiger partial charge in [-0.25, -0.2) is 19.3 Å². The van der Waals surface area contributed by atoms with Gasteiger partial charge in [-0.05, 0) is 37.8 Å². The summed E-state index contributed by atoms with van der Waals surface area (Å²) in [6.07, 6.45) is 7.06. The first-order chi connectivity index (χ1) is 13.5. The standard InChI is InChI=1S/C20H25FN6O/c1-25(2)17-12-18(24-13-23-17)27(14-5-6-14)15-7-10-26(11-8-15)20(28)19-16(21)4-3-9-22-19/h3-4,9,12-15H,5-8,10-11H2,1-2H3. The lowest BCUT2D eigenvalue weighted by Crippen LogP contribution is -2.48. The fourth-order valence-electron chi connectivity index (χ4n) is 3.79. The van der Waals surface area contributed by atoms with Gasteiger partial charge in [0.15, 0.2) is 11.5 Å². The van der Waals surface area contributed by atoms with Crippen LogP contribution >= 0.6 is 0 Å². The quantitative estimate of drug-likeness (QED) is 0.789. The first-order valence-electron chi connectivity index (χ1n) is 9.72. The highest BCUT2D eigenvalue weighted by molar-refractivity contribution is 5.92. The first-order valence-corrected chi connectivity index (χ1v) is 9.72. The van der Waals surface area contributed by atoms with Crippen molar-refractivity contribution in [3.8, 4) is 0 Å². The van der Waals surface area contributed by atoms with Gasteiger partial charge in [0, 0.05) is 51.5 Å². The highest BCUT2D eigenvalue weighted by Crippen LogP contribution is 2.36. The molecule has 4 rings (SSSR count). The van der Waals surface area contributed by atoms with Gasteiger partial charge in [0.05, 0.1) is 0 Å². The zero-order chi connectivity index (χ0) is 19.7. The molecule has 2 aliphatic rings. The summed E-state index contributed by atoms with van der Waals surface area (Å²) in [5, 5.41) is 0. The van der Waals surface area contributed by atoms with Crippen LogP contribution in [0.2, 0.25) is 0 Å². The zero-order valence-corrected chi connectivity index (χ0v) is 16.3. The molecule has 1 saturated carbocycles. The molecule has 7 nitrogen and oxygen atoms in total. The van der Waals surface area contributed by atoms with E-state index in [2.05, 4.69) is 19.9 Å². The third kappa shape index (κ3) is 3.76. The minimum atomic E-state index is -0.563. The van der Waals surface area contributed by atoms with E-state index in [0.717, 1.165) is 24.5 Å². The van der Waals surface area contributed by atoms with Gasteiger partial charge < -0.3 is 14.7 Å². The lowest BCUT2D eigenvalue weighted by atomic mass is 10.0. The van der Waals surface area contributed by atoms with Gasteiger partial charge in [-0.1, -0.05) is 0 Å². The van der Waals surface area contributed by atoms with Crippen molar-refractivity contribution >= 4 is 17.5 Å². The van der Waals surface area contributed by atoms with Crippen LogP contribution in [0, 0.1) is 5.82 Å². The zero-order valence-electron chi connectivity index (χ0n) is 16.3. The minimum absolute atomic E-state index is 0.0913. The number of rotatable bonds is 5. The summed E-state index contributed by atoms with van der Waals surface area (Å²) in [5.41, 5.74) is -0.0913. The number of likely N-dealkylation sites (tertiary alicyclic amines) is 1. The maximum absolute atomic E-state index is 13.9. The molecule has 8 heteroatoms. The van der Waals surface area contributed by atoms with Crippen LogP contribution in [0.5, 0.6) is 0 Å². The second kappa shape index (κ2) is 7.69. The van der Waals surface area contributed by atoms with Crippen LogP contribution in [-0.2, 0) is 0 Å². The Bertz CT molecular complexity index is 848. The monoisotopic (exact) mass is 384 g/mol. The van der Waals surface area contributed by atoms with Crippen molar-refractivity contribution in [2.75, 3.05) is 37.0 Å². The van der Waals surface area contributed by atoms with E-state index in [9.17, 15) is 9.18 Å². The first kappa shape index (κ1) is 18.6. The fourth-order valence-corrected chi connectivity index (χ4v) is 3.79. The second-order valence-corrected chi connectivity index (χ2v) is 7.62. The molecule has 1 aliphatic carbocycles. The number of carbonyl (C=O) groups is 1. The fraction of sp³-hybridized carbons (Fsp3) is 0.500. The van der Waals surface area contributed by atoms with Crippen molar-refractivity contribution in [1.29, 1.82) is 0 Å².